The highest BCUT2D eigenvalue weighted by Crippen LogP contribution is 2.43. The molecule has 0 radical (unpaired) electrons. The molecule has 0 amide bonds. The lowest BCUT2D eigenvalue weighted by Crippen LogP contribution is -2.40. The Labute approximate surface area is 241 Å². The van der Waals surface area contributed by atoms with E-state index in [1.54, 1.807) is 30.3 Å². The number of aromatic nitrogens is 3. The summed E-state index contributed by atoms with van der Waals surface area (Å²) in [4.78, 5) is 9.50. The van der Waals surface area contributed by atoms with Crippen molar-refractivity contribution in [3.63, 3.8) is 0 Å². The molecule has 2 heterocycles. The number of halogens is 2. The number of hydrogen-bond donors (Lipinski definition) is 1. The van der Waals surface area contributed by atoms with Crippen molar-refractivity contribution in [1.29, 1.82) is 5.26 Å². The zero-order chi connectivity index (χ0) is 29.2. The lowest BCUT2D eigenvalue weighted by molar-refractivity contribution is 0.157. The highest BCUT2D eigenvalue weighted by atomic mass is 32.2. The second kappa shape index (κ2) is 9.88. The lowest BCUT2D eigenvalue weighted by Gasteiger charge is -2.43. The molecular weight excluding hydrogens is 556 g/mol. The normalized spacial score (nSPS) is 20.2. The van der Waals surface area contributed by atoms with Crippen LogP contribution in [-0.4, -0.2) is 28.4 Å². The van der Waals surface area contributed by atoms with Crippen LogP contribution in [-0.2, 0) is 10.0 Å². The standard InChI is InChI=1S/C32H27F2N5O2S/c1-18-2-9-23(10-3-18)42(40,41)39-17-26(24-14-22(33)15-27(34)30(24)39)32-36-28-11-6-20(16-35)12-25(28)31(38-32)37-29-13-19-4-7-21(29)8-5-19/h2-3,6,9-12,14-15,17,19,21,29H,4-5,7-8,13H2,1H3,(H,36,37,38). The first kappa shape index (κ1) is 26.5. The number of nitrogens with one attached hydrogen (secondary N) is 1. The van der Waals surface area contributed by atoms with Gasteiger partial charge in [0.25, 0.3) is 10.0 Å². The molecule has 10 heteroatoms. The molecule has 1 atom stereocenters. The van der Waals surface area contributed by atoms with Gasteiger partial charge in [-0.2, -0.15) is 5.26 Å². The SMILES string of the molecule is Cc1ccc(S(=O)(=O)n2cc(-c3nc(NC4CC5CCC4CC5)c4cc(C#N)ccc4n3)c3cc(F)cc(F)c32)cc1. The van der Waals surface area contributed by atoms with E-state index in [1.165, 1.54) is 31.2 Å². The van der Waals surface area contributed by atoms with Crippen LogP contribution in [0.3, 0.4) is 0 Å². The summed E-state index contributed by atoms with van der Waals surface area (Å²) in [7, 11) is -4.25. The van der Waals surface area contributed by atoms with Crippen LogP contribution in [0.1, 0.15) is 43.2 Å². The van der Waals surface area contributed by atoms with Crippen LogP contribution in [0.15, 0.2) is 65.7 Å². The molecule has 1 unspecified atom stereocenters. The summed E-state index contributed by atoms with van der Waals surface area (Å²) < 4.78 is 58.3. The van der Waals surface area contributed by atoms with Crippen molar-refractivity contribution >= 4 is 37.6 Å². The first-order valence-electron chi connectivity index (χ1n) is 14.0. The number of rotatable bonds is 5. The number of aryl methyl sites for hydroxylation is 1. The molecule has 1 N–H and O–H groups in total. The summed E-state index contributed by atoms with van der Waals surface area (Å²) in [5.74, 6) is -0.0453. The summed E-state index contributed by atoms with van der Waals surface area (Å²) in [6, 6.07) is 15.5. The highest BCUT2D eigenvalue weighted by Gasteiger charge is 2.36. The molecule has 3 fully saturated rings. The third kappa shape index (κ3) is 4.40. The zero-order valence-electron chi connectivity index (χ0n) is 22.8. The van der Waals surface area contributed by atoms with Gasteiger partial charge in [-0.25, -0.2) is 31.1 Å². The number of anilines is 1. The molecule has 5 aromatic rings. The molecule has 7 nitrogen and oxygen atoms in total. The van der Waals surface area contributed by atoms with Gasteiger partial charge in [-0.05, 0) is 74.4 Å². The maximum absolute atomic E-state index is 15.3. The summed E-state index contributed by atoms with van der Waals surface area (Å²) in [6.45, 7) is 1.84. The number of hydrogen-bond acceptors (Lipinski definition) is 6. The van der Waals surface area contributed by atoms with Crippen LogP contribution in [0, 0.1) is 41.7 Å². The Morgan fingerprint density at radius 2 is 1.74 bits per heavy atom. The van der Waals surface area contributed by atoms with Crippen molar-refractivity contribution in [1.82, 2.24) is 13.9 Å². The van der Waals surface area contributed by atoms with Gasteiger partial charge in [0.1, 0.15) is 17.2 Å². The second-order valence-corrected chi connectivity index (χ2v) is 13.3. The predicted molar refractivity (Wildman–Crippen MR) is 156 cm³/mol. The van der Waals surface area contributed by atoms with Gasteiger partial charge in [0.05, 0.1) is 22.0 Å². The minimum absolute atomic E-state index is 0.0292. The average Bonchev–Trinajstić information content (AvgIpc) is 3.38. The molecule has 0 saturated heterocycles. The fraction of sp³-hybridized carbons (Fsp3) is 0.281. The Hall–Kier alpha value is -4.36. The molecule has 3 aromatic carbocycles. The molecule has 42 heavy (non-hydrogen) atoms. The Kier molecular flexibility index (Phi) is 6.24. The minimum atomic E-state index is -4.25. The third-order valence-electron chi connectivity index (χ3n) is 8.80. The first-order chi connectivity index (χ1) is 20.2. The second-order valence-electron chi connectivity index (χ2n) is 11.4. The number of nitrogens with zero attached hydrogens (tertiary/aromatic N) is 4. The molecule has 2 bridgehead atoms. The molecule has 0 spiro atoms. The van der Waals surface area contributed by atoms with Crippen LogP contribution in [0.5, 0.6) is 0 Å². The van der Waals surface area contributed by atoms with Crippen molar-refractivity contribution in [3.8, 4) is 17.5 Å². The summed E-state index contributed by atoms with van der Waals surface area (Å²) >= 11 is 0. The van der Waals surface area contributed by atoms with E-state index in [9.17, 15) is 18.1 Å². The van der Waals surface area contributed by atoms with E-state index < -0.39 is 21.7 Å². The average molecular weight is 584 g/mol. The zero-order valence-corrected chi connectivity index (χ0v) is 23.6. The summed E-state index contributed by atoms with van der Waals surface area (Å²) in [5.41, 5.74) is 1.75. The van der Waals surface area contributed by atoms with Crippen LogP contribution < -0.4 is 5.32 Å². The van der Waals surface area contributed by atoms with Crippen molar-refractivity contribution in [2.24, 2.45) is 11.8 Å². The summed E-state index contributed by atoms with van der Waals surface area (Å²) in [5, 5.41) is 13.9. The van der Waals surface area contributed by atoms with Gasteiger partial charge in [-0.1, -0.05) is 30.5 Å². The molecule has 212 valence electrons. The van der Waals surface area contributed by atoms with Crippen molar-refractivity contribution in [2.75, 3.05) is 5.32 Å². The van der Waals surface area contributed by atoms with Gasteiger partial charge >= 0.3 is 0 Å². The quantitative estimate of drug-likeness (QED) is 0.241. The van der Waals surface area contributed by atoms with Gasteiger partial charge in [0.15, 0.2) is 11.6 Å². The van der Waals surface area contributed by atoms with E-state index >= 15 is 4.39 Å². The third-order valence-corrected chi connectivity index (χ3v) is 10.5. The molecular formula is C32H27F2N5O2S. The van der Waals surface area contributed by atoms with Gasteiger partial charge in [-0.15, -0.1) is 0 Å². The largest absolute Gasteiger partial charge is 0.366 e. The first-order valence-corrected chi connectivity index (χ1v) is 15.5. The number of fused-ring (bicyclic) bond motifs is 5. The van der Waals surface area contributed by atoms with Gasteiger partial charge in [-0.3, -0.25) is 0 Å². The molecule has 3 saturated carbocycles. The molecule has 2 aromatic heterocycles. The predicted octanol–water partition coefficient (Wildman–Crippen LogP) is 6.94. The Balaban J connectivity index is 1.44. The van der Waals surface area contributed by atoms with Gasteiger partial charge in [0, 0.05) is 34.6 Å². The van der Waals surface area contributed by atoms with Crippen LogP contribution in [0.25, 0.3) is 33.2 Å². The van der Waals surface area contributed by atoms with Crippen molar-refractivity contribution in [3.05, 3.63) is 83.6 Å². The fourth-order valence-electron chi connectivity index (χ4n) is 6.60. The van der Waals surface area contributed by atoms with Crippen LogP contribution >= 0.6 is 0 Å². The van der Waals surface area contributed by atoms with E-state index in [0.717, 1.165) is 34.9 Å². The van der Waals surface area contributed by atoms with Crippen LogP contribution in [0.4, 0.5) is 14.6 Å². The van der Waals surface area contributed by atoms with E-state index in [0.29, 0.717) is 40.2 Å². The monoisotopic (exact) mass is 583 g/mol. The smallest absolute Gasteiger partial charge is 0.268 e. The lowest BCUT2D eigenvalue weighted by atomic mass is 9.68. The fourth-order valence-corrected chi connectivity index (χ4v) is 7.97. The van der Waals surface area contributed by atoms with Crippen molar-refractivity contribution < 1.29 is 17.2 Å². The molecule has 3 aliphatic carbocycles. The van der Waals surface area contributed by atoms with Gasteiger partial charge < -0.3 is 5.32 Å². The minimum Gasteiger partial charge on any atom is -0.366 e. The molecule has 3 aliphatic rings. The van der Waals surface area contributed by atoms with Gasteiger partial charge in [0.2, 0.25) is 0 Å². The Morgan fingerprint density at radius 3 is 2.43 bits per heavy atom. The maximum atomic E-state index is 15.3. The van der Waals surface area contributed by atoms with Crippen LogP contribution in [0.2, 0.25) is 0 Å². The molecule has 0 aliphatic heterocycles. The van der Waals surface area contributed by atoms with Crippen molar-refractivity contribution in [2.45, 2.75) is 50.0 Å². The molecule has 8 rings (SSSR count). The van der Waals surface area contributed by atoms with E-state index in [-0.39, 0.29) is 33.2 Å². The number of benzene rings is 3. The van der Waals surface area contributed by atoms with E-state index in [1.807, 2.05) is 6.92 Å². The number of nitriles is 1. The van der Waals surface area contributed by atoms with E-state index in [4.69, 9.17) is 9.97 Å². The van der Waals surface area contributed by atoms with E-state index in [2.05, 4.69) is 11.4 Å². The topological polar surface area (TPSA) is 101 Å². The summed E-state index contributed by atoms with van der Waals surface area (Å²) in [6.07, 6.45) is 7.02. The Morgan fingerprint density at radius 1 is 0.976 bits per heavy atom. The maximum Gasteiger partial charge on any atom is 0.268 e. The Bertz CT molecular complexity index is 2020. The highest BCUT2D eigenvalue weighted by molar-refractivity contribution is 7.90.